The molecule has 1 aliphatic rings. The second kappa shape index (κ2) is 9.11. The van der Waals surface area contributed by atoms with Crippen LogP contribution in [-0.2, 0) is 4.79 Å². The molecule has 1 aliphatic heterocycles. The van der Waals surface area contributed by atoms with Gasteiger partial charge in [-0.05, 0) is 37.1 Å². The van der Waals surface area contributed by atoms with E-state index in [1.807, 2.05) is 4.90 Å². The van der Waals surface area contributed by atoms with Crippen LogP contribution < -0.4 is 15.8 Å². The lowest BCUT2D eigenvalue weighted by atomic mass is 9.95. The molecule has 2 aromatic carbocycles. The van der Waals surface area contributed by atoms with Gasteiger partial charge < -0.3 is 4.90 Å². The van der Waals surface area contributed by atoms with E-state index in [0.29, 0.717) is 36.6 Å². The number of benzene rings is 2. The van der Waals surface area contributed by atoms with Gasteiger partial charge in [0.25, 0.3) is 11.6 Å². The Kier molecular flexibility index (Phi) is 6.56. The number of nitrogens with one attached hydrogen (secondary N) is 2. The molecule has 29 heavy (non-hydrogen) atoms. The molecule has 3 rings (SSSR count). The summed E-state index contributed by atoms with van der Waals surface area (Å²) in [6.07, 6.45) is 1.01. The number of piperidine rings is 1. The normalized spacial score (nSPS) is 14.3. The average molecular weight is 437 g/mol. The lowest BCUT2D eigenvalue weighted by Crippen LogP contribution is -2.47. The number of hydrogen-bond acceptors (Lipinski definition) is 5. The third-order valence-corrected chi connectivity index (χ3v) is 5.32. The van der Waals surface area contributed by atoms with E-state index in [9.17, 15) is 19.7 Å². The first-order chi connectivity index (χ1) is 13.9. The number of carbonyl (C=O) groups is 2. The van der Waals surface area contributed by atoms with Crippen molar-refractivity contribution in [2.45, 2.75) is 12.8 Å². The molecule has 2 amide bonds. The predicted molar refractivity (Wildman–Crippen MR) is 110 cm³/mol. The van der Waals surface area contributed by atoms with Crippen molar-refractivity contribution in [3.05, 3.63) is 68.2 Å². The molecule has 8 nitrogen and oxygen atoms in total. The highest BCUT2D eigenvalue weighted by Crippen LogP contribution is 2.31. The number of hydrazine groups is 1. The van der Waals surface area contributed by atoms with Gasteiger partial charge in [0.15, 0.2) is 0 Å². The van der Waals surface area contributed by atoms with Crippen molar-refractivity contribution in [2.75, 3.05) is 18.0 Å². The minimum atomic E-state index is -0.566. The quantitative estimate of drug-likeness (QED) is 0.562. The largest absolute Gasteiger partial charge is 0.366 e. The molecule has 1 saturated heterocycles. The molecule has 0 bridgehead atoms. The number of hydrogen-bond donors (Lipinski definition) is 2. The molecule has 0 spiro atoms. The molecule has 10 heteroatoms. The first-order valence-electron chi connectivity index (χ1n) is 8.90. The van der Waals surface area contributed by atoms with Gasteiger partial charge in [-0.1, -0.05) is 35.3 Å². The third-order valence-electron chi connectivity index (χ3n) is 4.76. The number of carbonyl (C=O) groups excluding carboxylic acids is 2. The predicted octanol–water partition coefficient (Wildman–Crippen LogP) is 3.58. The standard InChI is InChI=1S/C19H18Cl2N4O4/c20-13-5-6-15(21)14(11-13)19(27)23-22-18(26)12-7-9-24(10-8-12)16-3-1-2-4-17(16)25(28)29/h1-6,11-12H,7-10H2,(H,22,26)(H,23,27). The van der Waals surface area contributed by atoms with Crippen LogP contribution in [0.5, 0.6) is 0 Å². The van der Waals surface area contributed by atoms with Gasteiger partial charge in [-0.2, -0.15) is 0 Å². The van der Waals surface area contributed by atoms with Gasteiger partial charge in [-0.3, -0.25) is 30.6 Å². The average Bonchev–Trinajstić information content (AvgIpc) is 2.73. The van der Waals surface area contributed by atoms with E-state index in [1.165, 1.54) is 18.2 Å². The van der Waals surface area contributed by atoms with Crippen molar-refractivity contribution in [3.8, 4) is 0 Å². The third kappa shape index (κ3) is 4.96. The summed E-state index contributed by atoms with van der Waals surface area (Å²) in [7, 11) is 0. The molecule has 1 heterocycles. The number of nitrogens with zero attached hydrogens (tertiary/aromatic N) is 2. The van der Waals surface area contributed by atoms with E-state index in [2.05, 4.69) is 10.9 Å². The van der Waals surface area contributed by atoms with E-state index in [0.717, 1.165) is 0 Å². The van der Waals surface area contributed by atoms with E-state index < -0.39 is 10.8 Å². The molecule has 1 fully saturated rings. The van der Waals surface area contributed by atoms with Crippen LogP contribution in [0.3, 0.4) is 0 Å². The second-order valence-corrected chi connectivity index (χ2v) is 7.42. The Labute approximate surface area is 176 Å². The zero-order chi connectivity index (χ0) is 21.0. The van der Waals surface area contributed by atoms with Gasteiger partial charge in [0.05, 0.1) is 15.5 Å². The lowest BCUT2D eigenvalue weighted by molar-refractivity contribution is -0.384. The van der Waals surface area contributed by atoms with Crippen LogP contribution in [-0.4, -0.2) is 29.8 Å². The molecule has 0 aromatic heterocycles. The molecular formula is C19H18Cl2N4O4. The van der Waals surface area contributed by atoms with Crippen LogP contribution in [0, 0.1) is 16.0 Å². The number of para-hydroxylation sites is 2. The van der Waals surface area contributed by atoms with E-state index in [1.54, 1.807) is 24.3 Å². The van der Waals surface area contributed by atoms with Crippen LogP contribution in [0.1, 0.15) is 23.2 Å². The van der Waals surface area contributed by atoms with Crippen LogP contribution in [0.4, 0.5) is 11.4 Å². The number of rotatable bonds is 4. The van der Waals surface area contributed by atoms with Crippen molar-refractivity contribution in [3.63, 3.8) is 0 Å². The van der Waals surface area contributed by atoms with Crippen molar-refractivity contribution < 1.29 is 14.5 Å². The maximum absolute atomic E-state index is 12.4. The highest BCUT2D eigenvalue weighted by Gasteiger charge is 2.28. The van der Waals surface area contributed by atoms with E-state index >= 15 is 0 Å². The summed E-state index contributed by atoms with van der Waals surface area (Å²) >= 11 is 11.8. The molecule has 0 atom stereocenters. The Morgan fingerprint density at radius 2 is 1.76 bits per heavy atom. The summed E-state index contributed by atoms with van der Waals surface area (Å²) in [5.41, 5.74) is 5.50. The Morgan fingerprint density at radius 3 is 2.45 bits per heavy atom. The number of nitro groups is 1. The maximum atomic E-state index is 12.4. The highest BCUT2D eigenvalue weighted by atomic mass is 35.5. The van der Waals surface area contributed by atoms with Crippen molar-refractivity contribution in [1.29, 1.82) is 0 Å². The number of nitro benzene ring substituents is 1. The van der Waals surface area contributed by atoms with Gasteiger partial charge in [-0.25, -0.2) is 0 Å². The SMILES string of the molecule is O=C(NNC(=O)C1CCN(c2ccccc2[N+](=O)[O-])CC1)c1cc(Cl)ccc1Cl. The van der Waals surface area contributed by atoms with Gasteiger partial charge in [-0.15, -0.1) is 0 Å². The van der Waals surface area contributed by atoms with Crippen LogP contribution >= 0.6 is 23.2 Å². The van der Waals surface area contributed by atoms with Crippen molar-refractivity contribution in [2.24, 2.45) is 5.92 Å². The molecule has 0 aliphatic carbocycles. The molecule has 152 valence electrons. The second-order valence-electron chi connectivity index (χ2n) is 6.57. The molecular weight excluding hydrogens is 419 g/mol. The first kappa shape index (κ1) is 20.9. The Hall–Kier alpha value is -2.84. The first-order valence-corrected chi connectivity index (χ1v) is 9.66. The highest BCUT2D eigenvalue weighted by molar-refractivity contribution is 6.35. The van der Waals surface area contributed by atoms with Crippen LogP contribution in [0.15, 0.2) is 42.5 Å². The van der Waals surface area contributed by atoms with Gasteiger partial charge in [0.2, 0.25) is 5.91 Å². The smallest absolute Gasteiger partial charge is 0.292 e. The molecule has 2 aromatic rings. The number of anilines is 1. The Bertz CT molecular complexity index is 946. The summed E-state index contributed by atoms with van der Waals surface area (Å²) in [6, 6.07) is 11.0. The number of halogens is 2. The van der Waals surface area contributed by atoms with Crippen molar-refractivity contribution >= 4 is 46.4 Å². The zero-order valence-corrected chi connectivity index (χ0v) is 16.7. The fraction of sp³-hybridized carbons (Fsp3) is 0.263. The van der Waals surface area contributed by atoms with Crippen molar-refractivity contribution in [1.82, 2.24) is 10.9 Å². The summed E-state index contributed by atoms with van der Waals surface area (Å²) < 4.78 is 0. The molecule has 2 N–H and O–H groups in total. The topological polar surface area (TPSA) is 105 Å². The van der Waals surface area contributed by atoms with Gasteiger partial charge in [0, 0.05) is 30.1 Å². The van der Waals surface area contributed by atoms with Gasteiger partial charge >= 0.3 is 0 Å². The molecule has 0 saturated carbocycles. The zero-order valence-electron chi connectivity index (χ0n) is 15.2. The van der Waals surface area contributed by atoms with Gasteiger partial charge in [0.1, 0.15) is 5.69 Å². The summed E-state index contributed by atoms with van der Waals surface area (Å²) in [5, 5.41) is 11.8. The minimum absolute atomic E-state index is 0.0427. The fourth-order valence-electron chi connectivity index (χ4n) is 3.23. The van der Waals surface area contributed by atoms with Crippen LogP contribution in [0.2, 0.25) is 10.0 Å². The fourth-order valence-corrected chi connectivity index (χ4v) is 3.60. The molecule has 0 unspecified atom stereocenters. The maximum Gasteiger partial charge on any atom is 0.292 e. The monoisotopic (exact) mass is 436 g/mol. The Balaban J connectivity index is 1.55. The Morgan fingerprint density at radius 1 is 1.07 bits per heavy atom. The van der Waals surface area contributed by atoms with Crippen LogP contribution in [0.25, 0.3) is 0 Å². The summed E-state index contributed by atoms with van der Waals surface area (Å²) in [6.45, 7) is 0.994. The lowest BCUT2D eigenvalue weighted by Gasteiger charge is -2.32. The summed E-state index contributed by atoms with van der Waals surface area (Å²) in [5.74, 6) is -1.20. The minimum Gasteiger partial charge on any atom is -0.366 e. The number of amides is 2. The van der Waals surface area contributed by atoms with E-state index in [4.69, 9.17) is 23.2 Å². The van der Waals surface area contributed by atoms with E-state index in [-0.39, 0.29) is 28.1 Å². The summed E-state index contributed by atoms with van der Waals surface area (Å²) in [4.78, 5) is 37.3. The molecule has 0 radical (unpaired) electrons.